The molecule has 1 heterocycles. The molecule has 1 aromatic rings. The molecule has 1 aromatic carbocycles. The van der Waals surface area contributed by atoms with Crippen LogP contribution in [0.3, 0.4) is 0 Å². The van der Waals surface area contributed by atoms with Gasteiger partial charge in [-0.3, -0.25) is 9.59 Å². The number of amides is 1. The predicted octanol–water partition coefficient (Wildman–Crippen LogP) is 3.30. The third-order valence-corrected chi connectivity index (χ3v) is 5.53. The topological polar surface area (TPSA) is 46.6 Å². The summed E-state index contributed by atoms with van der Waals surface area (Å²) < 4.78 is 5.20. The lowest BCUT2D eigenvalue weighted by Crippen LogP contribution is -2.53. The average molecular weight is 327 g/mol. The second-order valence-corrected chi connectivity index (χ2v) is 6.88. The van der Waals surface area contributed by atoms with Crippen LogP contribution in [-0.4, -0.2) is 35.3 Å². The standard InChI is InChI=1S/C20H25NO3/c1-3-16(14-15-4-6-18(24-2)7-5-15)21-19(23)10-13-20(21)11-8-17(22)9-12-20/h3-7,16H,1,8-14H2,2H3/t16-/m1/s1. The minimum atomic E-state index is -0.143. The van der Waals surface area contributed by atoms with Gasteiger partial charge in [-0.1, -0.05) is 18.2 Å². The molecule has 4 nitrogen and oxygen atoms in total. The number of carbonyl (C=O) groups is 2. The predicted molar refractivity (Wildman–Crippen MR) is 93.0 cm³/mol. The molecular weight excluding hydrogens is 302 g/mol. The Hall–Kier alpha value is -2.10. The molecule has 2 fully saturated rings. The Kier molecular flexibility index (Phi) is 4.74. The van der Waals surface area contributed by atoms with Crippen molar-refractivity contribution in [3.05, 3.63) is 42.5 Å². The monoisotopic (exact) mass is 327 g/mol. The van der Waals surface area contributed by atoms with Crippen LogP contribution < -0.4 is 4.74 Å². The first kappa shape index (κ1) is 16.7. The molecule has 0 radical (unpaired) electrons. The number of likely N-dealkylation sites (tertiary alicyclic amines) is 1. The number of nitrogens with zero attached hydrogens (tertiary/aromatic N) is 1. The maximum Gasteiger partial charge on any atom is 0.223 e. The van der Waals surface area contributed by atoms with E-state index in [1.807, 2.05) is 35.2 Å². The van der Waals surface area contributed by atoms with Crippen molar-refractivity contribution in [3.63, 3.8) is 0 Å². The highest BCUT2D eigenvalue weighted by Gasteiger charge is 2.48. The van der Waals surface area contributed by atoms with Gasteiger partial charge in [-0.25, -0.2) is 0 Å². The number of carbonyl (C=O) groups excluding carboxylic acids is 2. The Balaban J connectivity index is 1.80. The number of ether oxygens (including phenoxy) is 1. The van der Waals surface area contributed by atoms with Crippen molar-refractivity contribution in [3.8, 4) is 5.75 Å². The van der Waals surface area contributed by atoms with Crippen LogP contribution in [0.2, 0.25) is 0 Å². The Labute approximate surface area is 143 Å². The lowest BCUT2D eigenvalue weighted by molar-refractivity contribution is -0.136. The van der Waals surface area contributed by atoms with Crippen LogP contribution >= 0.6 is 0 Å². The number of ketones is 1. The Bertz CT molecular complexity index is 625. The first-order valence-corrected chi connectivity index (χ1v) is 8.67. The zero-order valence-corrected chi connectivity index (χ0v) is 14.3. The Morgan fingerprint density at radius 1 is 1.17 bits per heavy atom. The fourth-order valence-corrected chi connectivity index (χ4v) is 4.15. The van der Waals surface area contributed by atoms with E-state index in [9.17, 15) is 9.59 Å². The molecule has 0 aromatic heterocycles. The molecule has 1 saturated carbocycles. The molecule has 24 heavy (non-hydrogen) atoms. The van der Waals surface area contributed by atoms with Crippen molar-refractivity contribution in [2.24, 2.45) is 0 Å². The SMILES string of the molecule is C=C[C@H](Cc1ccc(OC)cc1)N1C(=O)CCC12CCC(=O)CC2. The molecule has 3 rings (SSSR count). The van der Waals surface area contributed by atoms with Gasteiger partial charge in [-0.2, -0.15) is 0 Å². The minimum Gasteiger partial charge on any atom is -0.497 e. The van der Waals surface area contributed by atoms with Gasteiger partial charge in [-0.15, -0.1) is 6.58 Å². The van der Waals surface area contributed by atoms with Crippen molar-refractivity contribution in [1.29, 1.82) is 0 Å². The number of Topliss-reactive ketones (excluding diaryl/α,β-unsaturated/α-hetero) is 1. The van der Waals surface area contributed by atoms with Crippen molar-refractivity contribution >= 4 is 11.7 Å². The molecule has 4 heteroatoms. The van der Waals surface area contributed by atoms with Gasteiger partial charge in [0.05, 0.1) is 13.2 Å². The third-order valence-electron chi connectivity index (χ3n) is 5.53. The molecule has 1 atom stereocenters. The summed E-state index contributed by atoms with van der Waals surface area (Å²) in [6, 6.07) is 7.92. The molecule has 2 aliphatic rings. The summed E-state index contributed by atoms with van der Waals surface area (Å²) in [5.74, 6) is 1.35. The van der Waals surface area contributed by atoms with Crippen LogP contribution in [0.15, 0.2) is 36.9 Å². The molecule has 128 valence electrons. The van der Waals surface area contributed by atoms with Crippen molar-refractivity contribution in [1.82, 2.24) is 4.90 Å². The molecular formula is C20H25NO3. The average Bonchev–Trinajstić information content (AvgIpc) is 2.92. The van der Waals surface area contributed by atoms with E-state index in [0.29, 0.717) is 25.0 Å². The van der Waals surface area contributed by atoms with E-state index in [0.717, 1.165) is 37.0 Å². The third kappa shape index (κ3) is 3.10. The van der Waals surface area contributed by atoms with Gasteiger partial charge in [0.25, 0.3) is 0 Å². The highest BCUT2D eigenvalue weighted by atomic mass is 16.5. The molecule has 0 unspecified atom stereocenters. The van der Waals surface area contributed by atoms with Crippen LogP contribution in [0.25, 0.3) is 0 Å². The second kappa shape index (κ2) is 6.80. The second-order valence-electron chi connectivity index (χ2n) is 6.88. The van der Waals surface area contributed by atoms with E-state index in [-0.39, 0.29) is 17.5 Å². The minimum absolute atomic E-state index is 0.0263. The zero-order chi connectivity index (χ0) is 17.2. The van der Waals surface area contributed by atoms with Gasteiger partial charge < -0.3 is 9.64 Å². The van der Waals surface area contributed by atoms with Gasteiger partial charge in [-0.05, 0) is 43.4 Å². The summed E-state index contributed by atoms with van der Waals surface area (Å²) in [6.45, 7) is 3.98. The molecule has 0 N–H and O–H groups in total. The number of hydrogen-bond acceptors (Lipinski definition) is 3. The summed E-state index contributed by atoms with van der Waals surface area (Å²) in [7, 11) is 1.65. The van der Waals surface area contributed by atoms with Gasteiger partial charge in [0.15, 0.2) is 0 Å². The van der Waals surface area contributed by atoms with Crippen LogP contribution in [0.1, 0.15) is 44.1 Å². The van der Waals surface area contributed by atoms with E-state index in [2.05, 4.69) is 6.58 Å². The van der Waals surface area contributed by atoms with Gasteiger partial charge in [0.1, 0.15) is 11.5 Å². The number of benzene rings is 1. The maximum absolute atomic E-state index is 12.6. The van der Waals surface area contributed by atoms with Crippen LogP contribution in [-0.2, 0) is 16.0 Å². The largest absolute Gasteiger partial charge is 0.497 e. The normalized spacial score (nSPS) is 21.1. The van der Waals surface area contributed by atoms with Gasteiger partial charge in [0, 0.05) is 24.8 Å². The zero-order valence-electron chi connectivity index (χ0n) is 14.3. The number of methoxy groups -OCH3 is 1. The van der Waals surface area contributed by atoms with E-state index < -0.39 is 0 Å². The lowest BCUT2D eigenvalue weighted by Gasteiger charge is -2.44. The van der Waals surface area contributed by atoms with Gasteiger partial charge >= 0.3 is 0 Å². The molecule has 1 amide bonds. The van der Waals surface area contributed by atoms with E-state index in [1.54, 1.807) is 7.11 Å². The molecule has 1 spiro atoms. The molecule has 1 aliphatic heterocycles. The lowest BCUT2D eigenvalue weighted by atomic mass is 9.78. The fraction of sp³-hybridized carbons (Fsp3) is 0.500. The Morgan fingerprint density at radius 3 is 2.38 bits per heavy atom. The van der Waals surface area contributed by atoms with Crippen LogP contribution in [0, 0.1) is 0 Å². The van der Waals surface area contributed by atoms with E-state index in [1.165, 1.54) is 0 Å². The molecule has 1 saturated heterocycles. The van der Waals surface area contributed by atoms with E-state index in [4.69, 9.17) is 4.74 Å². The van der Waals surface area contributed by atoms with Crippen LogP contribution in [0.4, 0.5) is 0 Å². The summed E-state index contributed by atoms with van der Waals surface area (Å²) >= 11 is 0. The summed E-state index contributed by atoms with van der Waals surface area (Å²) in [5, 5.41) is 0. The van der Waals surface area contributed by atoms with Crippen molar-refractivity contribution in [2.75, 3.05) is 7.11 Å². The smallest absolute Gasteiger partial charge is 0.223 e. The highest BCUT2D eigenvalue weighted by molar-refractivity contribution is 5.83. The Morgan fingerprint density at radius 2 is 1.79 bits per heavy atom. The number of rotatable bonds is 5. The molecule has 1 aliphatic carbocycles. The molecule has 0 bridgehead atoms. The van der Waals surface area contributed by atoms with Crippen molar-refractivity contribution in [2.45, 2.75) is 56.5 Å². The highest BCUT2D eigenvalue weighted by Crippen LogP contribution is 2.43. The van der Waals surface area contributed by atoms with Gasteiger partial charge in [0.2, 0.25) is 5.91 Å². The van der Waals surface area contributed by atoms with E-state index >= 15 is 0 Å². The quantitative estimate of drug-likeness (QED) is 0.780. The summed E-state index contributed by atoms with van der Waals surface area (Å²) in [6.07, 6.45) is 6.86. The number of hydrogen-bond donors (Lipinski definition) is 0. The fourth-order valence-electron chi connectivity index (χ4n) is 4.15. The first-order chi connectivity index (χ1) is 11.6. The van der Waals surface area contributed by atoms with Crippen LogP contribution in [0.5, 0.6) is 5.75 Å². The summed E-state index contributed by atoms with van der Waals surface area (Å²) in [4.78, 5) is 26.3. The van der Waals surface area contributed by atoms with Crippen molar-refractivity contribution < 1.29 is 14.3 Å². The summed E-state index contributed by atoms with van der Waals surface area (Å²) in [5.41, 5.74) is 1.01. The maximum atomic E-state index is 12.6. The first-order valence-electron chi connectivity index (χ1n) is 8.67.